The maximum Gasteiger partial charge on any atom is 0.0935 e. The third-order valence-corrected chi connectivity index (χ3v) is 2.11. The average molecular weight is 218 g/mol. The van der Waals surface area contributed by atoms with Gasteiger partial charge in [-0.2, -0.15) is 5.06 Å². The molecule has 0 aromatic rings. The van der Waals surface area contributed by atoms with Crippen molar-refractivity contribution in [1.29, 1.82) is 0 Å². The number of likely N-dealkylation sites (N-methyl/N-ethyl adjacent to an activating group) is 1. The highest BCUT2D eigenvalue weighted by Crippen LogP contribution is 2.18. The summed E-state index contributed by atoms with van der Waals surface area (Å²) in [6.07, 6.45) is 1.54. The van der Waals surface area contributed by atoms with Gasteiger partial charge in [0.25, 0.3) is 0 Å². The maximum absolute atomic E-state index is 5.58. The fourth-order valence-electron chi connectivity index (χ4n) is 1.43. The van der Waals surface area contributed by atoms with E-state index in [0.29, 0.717) is 12.1 Å². The Morgan fingerprint density at radius 2 is 1.67 bits per heavy atom. The van der Waals surface area contributed by atoms with E-state index in [-0.39, 0.29) is 0 Å². The van der Waals surface area contributed by atoms with Crippen molar-refractivity contribution in [3.05, 3.63) is 0 Å². The van der Waals surface area contributed by atoms with E-state index in [4.69, 9.17) is 4.84 Å². The molecule has 3 heteroatoms. The Morgan fingerprint density at radius 3 is 1.93 bits per heavy atom. The van der Waals surface area contributed by atoms with Crippen LogP contribution in [0.1, 0.15) is 41.0 Å². The standard InChI is InChI=1S/C8H18N2O.2C2H6/c1-7-5-8(6-9(2)3)11-10(7)4;2*1-2/h7-8H,5-6H2,1-4H3;2*1-2H3. The second kappa shape index (κ2) is 10.4. The molecule has 0 aromatic carbocycles. The summed E-state index contributed by atoms with van der Waals surface area (Å²) in [5.41, 5.74) is 0. The smallest absolute Gasteiger partial charge is 0.0935 e. The summed E-state index contributed by atoms with van der Waals surface area (Å²) < 4.78 is 0. The quantitative estimate of drug-likeness (QED) is 0.708. The van der Waals surface area contributed by atoms with E-state index >= 15 is 0 Å². The van der Waals surface area contributed by atoms with Crippen molar-refractivity contribution in [3.8, 4) is 0 Å². The third-order valence-electron chi connectivity index (χ3n) is 2.11. The molecule has 0 spiro atoms. The normalized spacial score (nSPS) is 25.4. The summed E-state index contributed by atoms with van der Waals surface area (Å²) in [5.74, 6) is 0. The molecule has 1 rings (SSSR count). The minimum absolute atomic E-state index is 0.394. The number of hydroxylamine groups is 2. The van der Waals surface area contributed by atoms with Gasteiger partial charge in [0, 0.05) is 19.6 Å². The number of hydrogen-bond donors (Lipinski definition) is 0. The third kappa shape index (κ3) is 7.77. The first-order chi connectivity index (χ1) is 7.09. The second-order valence-corrected chi connectivity index (χ2v) is 3.62. The molecule has 0 saturated carbocycles. The van der Waals surface area contributed by atoms with Crippen LogP contribution in [0, 0.1) is 0 Å². The molecule has 1 fully saturated rings. The van der Waals surface area contributed by atoms with Gasteiger partial charge in [-0.15, -0.1) is 0 Å². The van der Waals surface area contributed by atoms with Gasteiger partial charge in [0.15, 0.2) is 0 Å². The molecule has 94 valence electrons. The van der Waals surface area contributed by atoms with Crippen LogP contribution in [0.5, 0.6) is 0 Å². The van der Waals surface area contributed by atoms with E-state index < -0.39 is 0 Å². The minimum Gasteiger partial charge on any atom is -0.307 e. The largest absolute Gasteiger partial charge is 0.307 e. The second-order valence-electron chi connectivity index (χ2n) is 3.62. The molecule has 0 aliphatic carbocycles. The molecule has 1 aliphatic heterocycles. The molecule has 1 saturated heterocycles. The Balaban J connectivity index is 0. The van der Waals surface area contributed by atoms with Crippen LogP contribution < -0.4 is 0 Å². The zero-order chi connectivity index (χ0) is 12.4. The van der Waals surface area contributed by atoms with Gasteiger partial charge in [0.1, 0.15) is 0 Å². The first-order valence-electron chi connectivity index (χ1n) is 6.14. The molecular weight excluding hydrogens is 188 g/mol. The van der Waals surface area contributed by atoms with Crippen molar-refractivity contribution in [1.82, 2.24) is 9.96 Å². The lowest BCUT2D eigenvalue weighted by molar-refractivity contribution is -0.143. The summed E-state index contributed by atoms with van der Waals surface area (Å²) in [6.45, 7) is 11.2. The Bertz CT molecular complexity index is 116. The zero-order valence-electron chi connectivity index (χ0n) is 11.9. The summed E-state index contributed by atoms with van der Waals surface area (Å²) >= 11 is 0. The Hall–Kier alpha value is -0.120. The van der Waals surface area contributed by atoms with E-state index in [1.807, 2.05) is 39.8 Å². The molecule has 2 unspecified atom stereocenters. The van der Waals surface area contributed by atoms with Crippen LogP contribution in [0.2, 0.25) is 0 Å². The highest BCUT2D eigenvalue weighted by atomic mass is 16.7. The SMILES string of the molecule is CC.CC.CC1CC(CN(C)C)ON1C. The summed E-state index contributed by atoms with van der Waals surface area (Å²) in [7, 11) is 6.15. The zero-order valence-corrected chi connectivity index (χ0v) is 11.9. The highest BCUT2D eigenvalue weighted by Gasteiger charge is 2.27. The van der Waals surface area contributed by atoms with E-state index in [0.717, 1.165) is 13.0 Å². The van der Waals surface area contributed by atoms with Crippen LogP contribution in [-0.2, 0) is 4.84 Å². The minimum atomic E-state index is 0.394. The summed E-state index contributed by atoms with van der Waals surface area (Å²) in [5, 5.41) is 1.95. The molecule has 0 N–H and O–H groups in total. The van der Waals surface area contributed by atoms with Crippen molar-refractivity contribution in [3.63, 3.8) is 0 Å². The maximum atomic E-state index is 5.58. The fourth-order valence-corrected chi connectivity index (χ4v) is 1.43. The van der Waals surface area contributed by atoms with Crippen molar-refractivity contribution < 1.29 is 4.84 Å². The Labute approximate surface area is 96.3 Å². The predicted octanol–water partition coefficient (Wildman–Crippen LogP) is 2.62. The summed E-state index contributed by atoms with van der Waals surface area (Å²) in [4.78, 5) is 7.74. The van der Waals surface area contributed by atoms with Gasteiger partial charge in [0.2, 0.25) is 0 Å². The topological polar surface area (TPSA) is 15.7 Å². The van der Waals surface area contributed by atoms with Crippen LogP contribution in [0.3, 0.4) is 0 Å². The monoisotopic (exact) mass is 218 g/mol. The molecule has 0 amide bonds. The number of nitrogens with zero attached hydrogens (tertiary/aromatic N) is 2. The van der Waals surface area contributed by atoms with E-state index in [9.17, 15) is 0 Å². The van der Waals surface area contributed by atoms with Crippen LogP contribution >= 0.6 is 0 Å². The van der Waals surface area contributed by atoms with Crippen LogP contribution in [-0.4, -0.2) is 49.8 Å². The van der Waals surface area contributed by atoms with Crippen LogP contribution in [0.4, 0.5) is 0 Å². The predicted molar refractivity (Wildman–Crippen MR) is 68.0 cm³/mol. The fraction of sp³-hybridized carbons (Fsp3) is 1.00. The van der Waals surface area contributed by atoms with Crippen LogP contribution in [0.15, 0.2) is 0 Å². The molecule has 1 heterocycles. The lowest BCUT2D eigenvalue weighted by Gasteiger charge is -2.16. The summed E-state index contributed by atoms with van der Waals surface area (Å²) in [6, 6.07) is 0.569. The Morgan fingerprint density at radius 1 is 1.20 bits per heavy atom. The molecule has 0 bridgehead atoms. The molecule has 0 radical (unpaired) electrons. The van der Waals surface area contributed by atoms with Crippen molar-refractivity contribution in [2.75, 3.05) is 27.7 Å². The van der Waals surface area contributed by atoms with Gasteiger partial charge in [0.05, 0.1) is 6.10 Å². The molecule has 1 aliphatic rings. The molecule has 0 aromatic heterocycles. The first-order valence-corrected chi connectivity index (χ1v) is 6.14. The van der Waals surface area contributed by atoms with Gasteiger partial charge < -0.3 is 4.90 Å². The average Bonchev–Trinajstić information content (AvgIpc) is 2.51. The molecule has 2 atom stereocenters. The van der Waals surface area contributed by atoms with Crippen molar-refractivity contribution in [2.24, 2.45) is 0 Å². The highest BCUT2D eigenvalue weighted by molar-refractivity contribution is 4.73. The molecule has 3 nitrogen and oxygen atoms in total. The number of rotatable bonds is 2. The van der Waals surface area contributed by atoms with Gasteiger partial charge in [-0.25, -0.2) is 0 Å². The van der Waals surface area contributed by atoms with Crippen molar-refractivity contribution >= 4 is 0 Å². The van der Waals surface area contributed by atoms with E-state index in [2.05, 4.69) is 25.9 Å². The lowest BCUT2D eigenvalue weighted by atomic mass is 10.1. The van der Waals surface area contributed by atoms with Crippen LogP contribution in [0.25, 0.3) is 0 Å². The van der Waals surface area contributed by atoms with E-state index in [1.54, 1.807) is 0 Å². The van der Waals surface area contributed by atoms with Crippen molar-refractivity contribution in [2.45, 2.75) is 53.2 Å². The number of hydrogen-bond acceptors (Lipinski definition) is 3. The molecule has 15 heavy (non-hydrogen) atoms. The molecular formula is C12H30N2O. The lowest BCUT2D eigenvalue weighted by Crippen LogP contribution is -2.26. The van der Waals surface area contributed by atoms with Gasteiger partial charge in [-0.05, 0) is 27.4 Å². The van der Waals surface area contributed by atoms with Gasteiger partial charge in [-0.3, -0.25) is 4.84 Å². The van der Waals surface area contributed by atoms with E-state index in [1.165, 1.54) is 0 Å². The first kappa shape index (κ1) is 17.3. The van der Waals surface area contributed by atoms with Gasteiger partial charge in [-0.1, -0.05) is 27.7 Å². The van der Waals surface area contributed by atoms with Gasteiger partial charge >= 0.3 is 0 Å². The Kier molecular flexibility index (Phi) is 12.0.